The minimum atomic E-state index is 0. The van der Waals surface area contributed by atoms with Gasteiger partial charge in [0, 0.05) is 38.1 Å². The molecule has 7 nitrogen and oxygen atoms in total. The van der Waals surface area contributed by atoms with Crippen LogP contribution in [0.4, 0.5) is 0 Å². The van der Waals surface area contributed by atoms with E-state index in [2.05, 4.69) is 39.5 Å². The van der Waals surface area contributed by atoms with Crippen LogP contribution in [0.2, 0.25) is 0 Å². The second kappa shape index (κ2) is 12.0. The van der Waals surface area contributed by atoms with Crippen molar-refractivity contribution >= 4 is 41.7 Å². The van der Waals surface area contributed by atoms with Crippen molar-refractivity contribution in [2.24, 2.45) is 12.0 Å². The van der Waals surface area contributed by atoms with Gasteiger partial charge in [0.2, 0.25) is 0 Å². The molecule has 26 heavy (non-hydrogen) atoms. The van der Waals surface area contributed by atoms with Crippen molar-refractivity contribution in [1.29, 1.82) is 0 Å². The van der Waals surface area contributed by atoms with Gasteiger partial charge < -0.3 is 19.9 Å². The SMILES string of the molecule is CCOCCCNC(=NCc1nnc(C)n1C)NCC1(C)CCCS1.I. The summed E-state index contributed by atoms with van der Waals surface area (Å²) in [6.45, 7) is 10.1. The average Bonchev–Trinajstić information content (AvgIpc) is 3.17. The van der Waals surface area contributed by atoms with Gasteiger partial charge in [-0.25, -0.2) is 4.99 Å². The van der Waals surface area contributed by atoms with E-state index >= 15 is 0 Å². The lowest BCUT2D eigenvalue weighted by Crippen LogP contribution is -2.44. The van der Waals surface area contributed by atoms with Crippen LogP contribution in [-0.4, -0.2) is 57.5 Å². The van der Waals surface area contributed by atoms with E-state index in [-0.39, 0.29) is 24.0 Å². The summed E-state index contributed by atoms with van der Waals surface area (Å²) < 4.78 is 7.67. The van der Waals surface area contributed by atoms with E-state index in [9.17, 15) is 0 Å². The zero-order chi connectivity index (χ0) is 18.1. The molecular formula is C17H33IN6OS. The zero-order valence-corrected chi connectivity index (χ0v) is 19.5. The first-order valence-electron chi connectivity index (χ1n) is 9.13. The molecular weight excluding hydrogens is 463 g/mol. The Morgan fingerprint density at radius 1 is 1.38 bits per heavy atom. The molecule has 1 atom stereocenters. The Labute approximate surface area is 178 Å². The molecule has 2 rings (SSSR count). The summed E-state index contributed by atoms with van der Waals surface area (Å²) in [7, 11) is 1.97. The number of guanidine groups is 1. The third-order valence-electron chi connectivity index (χ3n) is 4.45. The summed E-state index contributed by atoms with van der Waals surface area (Å²) in [5.41, 5.74) is 0. The number of nitrogens with zero attached hydrogens (tertiary/aromatic N) is 4. The van der Waals surface area contributed by atoms with E-state index in [1.54, 1.807) is 0 Å². The molecule has 2 heterocycles. The Balaban J connectivity index is 0.00000338. The Morgan fingerprint density at radius 2 is 2.19 bits per heavy atom. The fourth-order valence-corrected chi connectivity index (χ4v) is 3.93. The van der Waals surface area contributed by atoms with Crippen LogP contribution in [0.5, 0.6) is 0 Å². The lowest BCUT2D eigenvalue weighted by molar-refractivity contribution is 0.145. The highest BCUT2D eigenvalue weighted by Crippen LogP contribution is 2.36. The minimum absolute atomic E-state index is 0. The summed E-state index contributed by atoms with van der Waals surface area (Å²) >= 11 is 2.05. The van der Waals surface area contributed by atoms with Gasteiger partial charge in [-0.3, -0.25) is 0 Å². The highest BCUT2D eigenvalue weighted by molar-refractivity contribution is 14.0. The normalized spacial score (nSPS) is 20.1. The lowest BCUT2D eigenvalue weighted by Gasteiger charge is -2.24. The molecule has 0 amide bonds. The smallest absolute Gasteiger partial charge is 0.191 e. The summed E-state index contributed by atoms with van der Waals surface area (Å²) in [5, 5.41) is 15.2. The fourth-order valence-electron chi connectivity index (χ4n) is 2.69. The zero-order valence-electron chi connectivity index (χ0n) is 16.4. The van der Waals surface area contributed by atoms with Crippen LogP contribution < -0.4 is 10.6 Å². The topological polar surface area (TPSA) is 76.4 Å². The van der Waals surface area contributed by atoms with Gasteiger partial charge in [0.05, 0.1) is 0 Å². The molecule has 0 bridgehead atoms. The van der Waals surface area contributed by atoms with Crippen molar-refractivity contribution in [3.8, 4) is 0 Å². The maximum Gasteiger partial charge on any atom is 0.191 e. The van der Waals surface area contributed by atoms with E-state index in [1.807, 2.05) is 25.5 Å². The van der Waals surface area contributed by atoms with Crippen molar-refractivity contribution in [1.82, 2.24) is 25.4 Å². The summed E-state index contributed by atoms with van der Waals surface area (Å²) in [5.74, 6) is 3.87. The van der Waals surface area contributed by atoms with Gasteiger partial charge >= 0.3 is 0 Å². The molecule has 1 aliphatic heterocycles. The first kappa shape index (κ1) is 23.5. The van der Waals surface area contributed by atoms with Crippen LogP contribution in [0, 0.1) is 6.92 Å². The van der Waals surface area contributed by atoms with Crippen LogP contribution in [0.25, 0.3) is 0 Å². The highest BCUT2D eigenvalue weighted by Gasteiger charge is 2.29. The standard InChI is InChI=1S/C17H32N6OS.HI/c1-5-24-10-7-9-18-16(20-13-17(3)8-6-11-25-17)19-12-15-22-21-14(2)23(15)4;/h5-13H2,1-4H3,(H2,18,19,20);1H. The van der Waals surface area contributed by atoms with Crippen molar-refractivity contribution < 1.29 is 4.74 Å². The molecule has 1 fully saturated rings. The molecule has 1 aliphatic rings. The number of halogens is 1. The Bertz CT molecular complexity index is 559. The number of rotatable bonds is 9. The quantitative estimate of drug-likeness (QED) is 0.237. The van der Waals surface area contributed by atoms with Gasteiger partial charge in [-0.2, -0.15) is 11.8 Å². The monoisotopic (exact) mass is 496 g/mol. The maximum absolute atomic E-state index is 5.40. The molecule has 2 N–H and O–H groups in total. The number of aryl methyl sites for hydroxylation is 1. The van der Waals surface area contributed by atoms with Crippen molar-refractivity contribution in [2.75, 3.05) is 32.1 Å². The predicted octanol–water partition coefficient (Wildman–Crippen LogP) is 2.49. The second-order valence-corrected chi connectivity index (χ2v) is 8.30. The van der Waals surface area contributed by atoms with Crippen LogP contribution in [0.15, 0.2) is 4.99 Å². The van der Waals surface area contributed by atoms with Gasteiger partial charge in [0.25, 0.3) is 0 Å². The molecule has 9 heteroatoms. The Morgan fingerprint density at radius 3 is 2.81 bits per heavy atom. The molecule has 1 aromatic heterocycles. The number of aromatic nitrogens is 3. The third kappa shape index (κ3) is 7.59. The second-order valence-electron chi connectivity index (χ2n) is 6.62. The number of nitrogens with one attached hydrogen (secondary N) is 2. The number of hydrogen-bond donors (Lipinski definition) is 2. The molecule has 1 saturated heterocycles. The van der Waals surface area contributed by atoms with E-state index in [4.69, 9.17) is 9.73 Å². The number of thioether (sulfide) groups is 1. The van der Waals surface area contributed by atoms with Gasteiger partial charge in [-0.05, 0) is 45.8 Å². The van der Waals surface area contributed by atoms with Gasteiger partial charge in [0.1, 0.15) is 12.4 Å². The van der Waals surface area contributed by atoms with E-state index in [0.29, 0.717) is 11.3 Å². The summed E-state index contributed by atoms with van der Waals surface area (Å²) in [6.07, 6.45) is 3.52. The lowest BCUT2D eigenvalue weighted by atomic mass is 10.1. The van der Waals surface area contributed by atoms with E-state index < -0.39 is 0 Å². The largest absolute Gasteiger partial charge is 0.382 e. The van der Waals surface area contributed by atoms with Crippen LogP contribution in [0.1, 0.15) is 44.8 Å². The molecule has 1 aromatic rings. The first-order valence-corrected chi connectivity index (χ1v) is 10.1. The van der Waals surface area contributed by atoms with Crippen molar-refractivity contribution in [3.05, 3.63) is 11.6 Å². The van der Waals surface area contributed by atoms with Crippen molar-refractivity contribution in [2.45, 2.75) is 51.3 Å². The number of ether oxygens (including phenoxy) is 1. The molecule has 0 aliphatic carbocycles. The highest BCUT2D eigenvalue weighted by atomic mass is 127. The Kier molecular flexibility index (Phi) is 10.9. The maximum atomic E-state index is 5.40. The van der Waals surface area contributed by atoms with Crippen LogP contribution in [0.3, 0.4) is 0 Å². The first-order chi connectivity index (χ1) is 12.0. The molecule has 0 saturated carbocycles. The molecule has 0 spiro atoms. The van der Waals surface area contributed by atoms with Gasteiger partial charge in [0.15, 0.2) is 11.8 Å². The third-order valence-corrected chi connectivity index (χ3v) is 5.99. The minimum Gasteiger partial charge on any atom is -0.382 e. The molecule has 150 valence electrons. The number of aliphatic imine (C=N–C) groups is 1. The fraction of sp³-hybridized carbons (Fsp3) is 0.824. The van der Waals surface area contributed by atoms with E-state index in [1.165, 1.54) is 18.6 Å². The average molecular weight is 496 g/mol. The Hall–Kier alpha value is -0.550. The number of hydrogen-bond acceptors (Lipinski definition) is 5. The van der Waals surface area contributed by atoms with Gasteiger partial charge in [-0.1, -0.05) is 0 Å². The van der Waals surface area contributed by atoms with E-state index in [0.717, 1.165) is 50.3 Å². The van der Waals surface area contributed by atoms with Crippen LogP contribution >= 0.6 is 35.7 Å². The molecule has 0 aromatic carbocycles. The predicted molar refractivity (Wildman–Crippen MR) is 120 cm³/mol. The van der Waals surface area contributed by atoms with Crippen molar-refractivity contribution in [3.63, 3.8) is 0 Å². The van der Waals surface area contributed by atoms with Gasteiger partial charge in [-0.15, -0.1) is 34.2 Å². The summed E-state index contributed by atoms with van der Waals surface area (Å²) in [6, 6.07) is 0. The summed E-state index contributed by atoms with van der Waals surface area (Å²) in [4.78, 5) is 4.70. The van der Waals surface area contributed by atoms with Crippen LogP contribution in [-0.2, 0) is 18.3 Å². The molecule has 1 unspecified atom stereocenters. The molecule has 0 radical (unpaired) electrons.